The summed E-state index contributed by atoms with van der Waals surface area (Å²) in [5, 5.41) is 10.7. The Morgan fingerprint density at radius 1 is 1.22 bits per heavy atom. The highest BCUT2D eigenvalue weighted by atomic mass is 16.5. The van der Waals surface area contributed by atoms with Gasteiger partial charge < -0.3 is 10.3 Å². The molecule has 0 aliphatic carbocycles. The zero-order valence-corrected chi connectivity index (χ0v) is 9.71. The molecule has 0 saturated heterocycles. The van der Waals surface area contributed by atoms with E-state index in [0.29, 0.717) is 17.4 Å². The molecule has 3 N–H and O–H groups in total. The summed E-state index contributed by atoms with van der Waals surface area (Å²) in [6.45, 7) is 1.89. The molecule has 6 heteroatoms. The number of aromatic amines is 1. The average molecular weight is 241 g/mol. The van der Waals surface area contributed by atoms with Crippen molar-refractivity contribution in [2.45, 2.75) is 6.92 Å². The van der Waals surface area contributed by atoms with E-state index in [9.17, 15) is 0 Å². The third-order valence-corrected chi connectivity index (χ3v) is 2.69. The van der Waals surface area contributed by atoms with Crippen molar-refractivity contribution in [3.05, 3.63) is 36.2 Å². The van der Waals surface area contributed by atoms with Crippen LogP contribution in [0.15, 0.2) is 35.0 Å². The van der Waals surface area contributed by atoms with Crippen LogP contribution in [0, 0.1) is 6.92 Å². The first kappa shape index (κ1) is 10.5. The predicted molar refractivity (Wildman–Crippen MR) is 66.5 cm³/mol. The maximum atomic E-state index is 5.87. The van der Waals surface area contributed by atoms with Crippen LogP contribution in [0.1, 0.15) is 5.69 Å². The van der Waals surface area contributed by atoms with Crippen LogP contribution in [0.25, 0.3) is 22.8 Å². The molecule has 6 nitrogen and oxygen atoms in total. The van der Waals surface area contributed by atoms with Gasteiger partial charge in [0.2, 0.25) is 5.82 Å². The minimum Gasteiger partial charge on any atom is -0.398 e. The van der Waals surface area contributed by atoms with Gasteiger partial charge in [-0.2, -0.15) is 10.1 Å². The number of nitrogens with zero attached hydrogens (tertiary/aromatic N) is 3. The van der Waals surface area contributed by atoms with Crippen molar-refractivity contribution in [2.24, 2.45) is 0 Å². The molecular formula is C12H11N5O. The topological polar surface area (TPSA) is 93.6 Å². The first-order valence-electron chi connectivity index (χ1n) is 5.44. The second kappa shape index (κ2) is 3.99. The van der Waals surface area contributed by atoms with Gasteiger partial charge in [-0.1, -0.05) is 17.3 Å². The number of aryl methyl sites for hydroxylation is 1. The van der Waals surface area contributed by atoms with Gasteiger partial charge in [-0.15, -0.1) is 0 Å². The number of nitrogens with one attached hydrogen (secondary N) is 1. The van der Waals surface area contributed by atoms with Crippen molar-refractivity contribution in [1.29, 1.82) is 0 Å². The molecular weight excluding hydrogens is 230 g/mol. The van der Waals surface area contributed by atoms with Crippen molar-refractivity contribution in [3.8, 4) is 22.8 Å². The van der Waals surface area contributed by atoms with E-state index < -0.39 is 0 Å². The molecule has 3 rings (SSSR count). The van der Waals surface area contributed by atoms with Gasteiger partial charge in [0.1, 0.15) is 0 Å². The van der Waals surface area contributed by atoms with Gasteiger partial charge in [0, 0.05) is 16.9 Å². The summed E-state index contributed by atoms with van der Waals surface area (Å²) >= 11 is 0. The van der Waals surface area contributed by atoms with Crippen LogP contribution in [0.3, 0.4) is 0 Å². The van der Waals surface area contributed by atoms with Crippen molar-refractivity contribution >= 4 is 5.69 Å². The quantitative estimate of drug-likeness (QED) is 0.669. The molecule has 0 atom stereocenters. The number of aromatic nitrogens is 4. The molecule has 0 aliphatic heterocycles. The van der Waals surface area contributed by atoms with E-state index in [4.69, 9.17) is 10.3 Å². The Bertz CT molecular complexity index is 685. The van der Waals surface area contributed by atoms with Crippen molar-refractivity contribution in [1.82, 2.24) is 20.3 Å². The number of para-hydroxylation sites is 1. The Morgan fingerprint density at radius 2 is 2.06 bits per heavy atom. The number of hydrogen-bond acceptors (Lipinski definition) is 5. The lowest BCUT2D eigenvalue weighted by atomic mass is 10.2. The van der Waals surface area contributed by atoms with Gasteiger partial charge in [0.15, 0.2) is 0 Å². The highest BCUT2D eigenvalue weighted by Gasteiger charge is 2.14. The standard InChI is InChI=1S/C12H11N5O/c1-7-9(6-14-16-7)12-15-11(17-18-12)8-4-2-3-5-10(8)13/h2-6H,13H2,1H3,(H,14,16). The third-order valence-electron chi connectivity index (χ3n) is 2.69. The molecule has 0 spiro atoms. The first-order valence-corrected chi connectivity index (χ1v) is 5.44. The summed E-state index contributed by atoms with van der Waals surface area (Å²) in [5.74, 6) is 0.906. The molecule has 2 aromatic heterocycles. The Hall–Kier alpha value is -2.63. The number of hydrogen-bond donors (Lipinski definition) is 2. The zero-order chi connectivity index (χ0) is 12.5. The number of rotatable bonds is 2. The monoisotopic (exact) mass is 241 g/mol. The summed E-state index contributed by atoms with van der Waals surface area (Å²) in [6, 6.07) is 7.39. The number of nitrogen functional groups attached to an aromatic ring is 1. The molecule has 18 heavy (non-hydrogen) atoms. The smallest absolute Gasteiger partial charge is 0.261 e. The highest BCUT2D eigenvalue weighted by Crippen LogP contribution is 2.26. The maximum Gasteiger partial charge on any atom is 0.261 e. The zero-order valence-electron chi connectivity index (χ0n) is 9.71. The lowest BCUT2D eigenvalue weighted by molar-refractivity contribution is 0.432. The molecule has 3 aromatic rings. The summed E-state index contributed by atoms with van der Waals surface area (Å²) < 4.78 is 5.22. The van der Waals surface area contributed by atoms with Crippen LogP contribution >= 0.6 is 0 Å². The summed E-state index contributed by atoms with van der Waals surface area (Å²) in [4.78, 5) is 4.33. The van der Waals surface area contributed by atoms with Crippen LogP contribution in [0.5, 0.6) is 0 Å². The molecule has 0 amide bonds. The molecule has 0 saturated carbocycles. The normalized spacial score (nSPS) is 10.7. The largest absolute Gasteiger partial charge is 0.398 e. The molecule has 90 valence electrons. The molecule has 2 heterocycles. The van der Waals surface area contributed by atoms with Crippen LogP contribution in [-0.4, -0.2) is 20.3 Å². The lowest BCUT2D eigenvalue weighted by Crippen LogP contribution is -1.90. The van der Waals surface area contributed by atoms with Gasteiger partial charge in [0.25, 0.3) is 5.89 Å². The molecule has 1 aromatic carbocycles. The van der Waals surface area contributed by atoms with E-state index >= 15 is 0 Å². The Kier molecular flexibility index (Phi) is 2.33. The van der Waals surface area contributed by atoms with Crippen molar-refractivity contribution in [3.63, 3.8) is 0 Å². The van der Waals surface area contributed by atoms with Crippen LogP contribution in [0.2, 0.25) is 0 Å². The summed E-state index contributed by atoms with van der Waals surface area (Å²) in [5.41, 5.74) is 8.92. The number of H-pyrrole nitrogens is 1. The summed E-state index contributed by atoms with van der Waals surface area (Å²) in [6.07, 6.45) is 1.65. The fourth-order valence-corrected chi connectivity index (χ4v) is 1.71. The fourth-order valence-electron chi connectivity index (χ4n) is 1.71. The molecule has 0 radical (unpaired) electrons. The van der Waals surface area contributed by atoms with Gasteiger partial charge in [-0.25, -0.2) is 0 Å². The molecule has 0 bridgehead atoms. The van der Waals surface area contributed by atoms with Crippen LogP contribution < -0.4 is 5.73 Å². The van der Waals surface area contributed by atoms with Gasteiger partial charge in [0.05, 0.1) is 11.8 Å². The third kappa shape index (κ3) is 1.64. The summed E-state index contributed by atoms with van der Waals surface area (Å²) in [7, 11) is 0. The Morgan fingerprint density at radius 3 is 2.78 bits per heavy atom. The molecule has 0 aliphatic rings. The number of nitrogens with two attached hydrogens (primary N) is 1. The van der Waals surface area contributed by atoms with Gasteiger partial charge in [-0.3, -0.25) is 5.10 Å². The minimum absolute atomic E-state index is 0.430. The van der Waals surface area contributed by atoms with Gasteiger partial charge in [-0.05, 0) is 19.1 Å². The SMILES string of the molecule is Cc1[nH]ncc1-c1nc(-c2ccccc2N)no1. The van der Waals surface area contributed by atoms with E-state index in [-0.39, 0.29) is 0 Å². The lowest BCUT2D eigenvalue weighted by Gasteiger charge is -1.97. The second-order valence-corrected chi connectivity index (χ2v) is 3.92. The minimum atomic E-state index is 0.430. The van der Waals surface area contributed by atoms with E-state index in [1.807, 2.05) is 25.1 Å². The van der Waals surface area contributed by atoms with Crippen LogP contribution in [-0.2, 0) is 0 Å². The van der Waals surface area contributed by atoms with Crippen molar-refractivity contribution < 1.29 is 4.52 Å². The molecule has 0 fully saturated rings. The van der Waals surface area contributed by atoms with E-state index in [2.05, 4.69) is 20.3 Å². The predicted octanol–water partition coefficient (Wildman–Crippen LogP) is 2.02. The van der Waals surface area contributed by atoms with Crippen molar-refractivity contribution in [2.75, 3.05) is 5.73 Å². The first-order chi connectivity index (χ1) is 8.75. The van der Waals surface area contributed by atoms with Crippen LogP contribution in [0.4, 0.5) is 5.69 Å². The van der Waals surface area contributed by atoms with E-state index in [0.717, 1.165) is 16.8 Å². The average Bonchev–Trinajstić information content (AvgIpc) is 2.98. The number of anilines is 1. The van der Waals surface area contributed by atoms with E-state index in [1.54, 1.807) is 12.3 Å². The Labute approximate surface area is 103 Å². The Balaban J connectivity index is 2.05. The maximum absolute atomic E-state index is 5.87. The molecule has 0 unspecified atom stereocenters. The van der Waals surface area contributed by atoms with E-state index in [1.165, 1.54) is 0 Å². The second-order valence-electron chi connectivity index (χ2n) is 3.92. The number of benzene rings is 1. The van der Waals surface area contributed by atoms with Gasteiger partial charge >= 0.3 is 0 Å². The fraction of sp³-hybridized carbons (Fsp3) is 0.0833. The highest BCUT2D eigenvalue weighted by molar-refractivity contribution is 5.72.